The zero-order chi connectivity index (χ0) is 15.7. The number of likely N-dealkylation sites (N-methyl/N-ethyl adjacent to an activating group) is 1. The number of hydrogen-bond donors (Lipinski definition) is 2. The van der Waals surface area contributed by atoms with Gasteiger partial charge in [-0.05, 0) is 27.7 Å². The Labute approximate surface area is 119 Å². The van der Waals surface area contributed by atoms with Gasteiger partial charge in [-0.1, -0.05) is 0 Å². The normalized spacial score (nSPS) is 22.5. The molecule has 0 aliphatic carbocycles. The van der Waals surface area contributed by atoms with Gasteiger partial charge in [0.15, 0.2) is 0 Å². The summed E-state index contributed by atoms with van der Waals surface area (Å²) in [5, 5.41) is 18.4. The molecule has 7 heteroatoms. The third-order valence-electron chi connectivity index (χ3n) is 3.60. The number of nitrogens with zero attached hydrogens (tertiary/aromatic N) is 2. The number of aliphatic carboxylic acids is 1. The second-order valence-electron chi connectivity index (χ2n) is 6.27. The molecule has 0 bridgehead atoms. The van der Waals surface area contributed by atoms with Crippen LogP contribution in [0, 0.1) is 0 Å². The van der Waals surface area contributed by atoms with E-state index >= 15 is 0 Å². The van der Waals surface area contributed by atoms with E-state index in [0.717, 1.165) is 0 Å². The third kappa shape index (κ3) is 3.40. The minimum Gasteiger partial charge on any atom is -0.480 e. The Balaban J connectivity index is 2.88. The van der Waals surface area contributed by atoms with E-state index in [1.54, 1.807) is 0 Å². The lowest BCUT2D eigenvalue weighted by Crippen LogP contribution is -2.61. The first kappa shape index (κ1) is 16.7. The van der Waals surface area contributed by atoms with Crippen molar-refractivity contribution in [1.82, 2.24) is 9.80 Å². The van der Waals surface area contributed by atoms with Crippen LogP contribution in [0.4, 0.5) is 4.79 Å². The van der Waals surface area contributed by atoms with Crippen LogP contribution >= 0.6 is 0 Å². The Morgan fingerprint density at radius 2 is 2.00 bits per heavy atom. The van der Waals surface area contributed by atoms with E-state index in [-0.39, 0.29) is 19.2 Å². The third-order valence-corrected chi connectivity index (χ3v) is 3.60. The molecule has 1 saturated heterocycles. The summed E-state index contributed by atoms with van der Waals surface area (Å²) in [6, 6.07) is -0.382. The minimum absolute atomic E-state index is 0.181. The van der Waals surface area contributed by atoms with Crippen molar-refractivity contribution in [3.05, 3.63) is 0 Å². The highest BCUT2D eigenvalue weighted by Gasteiger charge is 2.41. The zero-order valence-corrected chi connectivity index (χ0v) is 12.7. The minimum atomic E-state index is -1.30. The van der Waals surface area contributed by atoms with Crippen molar-refractivity contribution in [3.8, 4) is 0 Å². The molecule has 1 atom stereocenters. The quantitative estimate of drug-likeness (QED) is 0.783. The molecule has 2 N–H and O–H groups in total. The number of carbonyl (C=O) groups excluding carboxylic acids is 1. The molecule has 116 valence electrons. The van der Waals surface area contributed by atoms with Crippen molar-refractivity contribution in [2.45, 2.75) is 44.9 Å². The standard InChI is InChI=1S/C13H24N2O5/c1-12(2)8-15(6-9(7-16)20-12)11(19)14(5)13(3,4)10(17)18/h9,16H,6-8H2,1-5H3,(H,17,18). The molecule has 1 unspecified atom stereocenters. The van der Waals surface area contributed by atoms with Crippen molar-refractivity contribution in [2.75, 3.05) is 26.7 Å². The monoisotopic (exact) mass is 288 g/mol. The van der Waals surface area contributed by atoms with E-state index in [9.17, 15) is 19.8 Å². The zero-order valence-electron chi connectivity index (χ0n) is 12.7. The summed E-state index contributed by atoms with van der Waals surface area (Å²) in [7, 11) is 1.47. The van der Waals surface area contributed by atoms with Crippen LogP contribution in [0.3, 0.4) is 0 Å². The van der Waals surface area contributed by atoms with Crippen molar-refractivity contribution in [1.29, 1.82) is 0 Å². The molecular weight excluding hydrogens is 264 g/mol. The van der Waals surface area contributed by atoms with Gasteiger partial charge in [-0.15, -0.1) is 0 Å². The number of carbonyl (C=O) groups is 2. The molecule has 1 aliphatic rings. The molecule has 7 nitrogen and oxygen atoms in total. The Morgan fingerprint density at radius 1 is 1.45 bits per heavy atom. The van der Waals surface area contributed by atoms with Crippen molar-refractivity contribution < 1.29 is 24.5 Å². The summed E-state index contributed by atoms with van der Waals surface area (Å²) in [6.45, 7) is 7.03. The van der Waals surface area contributed by atoms with E-state index in [1.807, 2.05) is 13.8 Å². The maximum atomic E-state index is 12.4. The maximum absolute atomic E-state index is 12.4. The average molecular weight is 288 g/mol. The predicted molar refractivity (Wildman–Crippen MR) is 72.5 cm³/mol. The van der Waals surface area contributed by atoms with Crippen LogP contribution in [0.1, 0.15) is 27.7 Å². The molecule has 0 aromatic rings. The van der Waals surface area contributed by atoms with Gasteiger partial charge >= 0.3 is 12.0 Å². The van der Waals surface area contributed by atoms with Crippen LogP contribution in [0.25, 0.3) is 0 Å². The lowest BCUT2D eigenvalue weighted by atomic mass is 10.0. The summed E-state index contributed by atoms with van der Waals surface area (Å²) in [6.07, 6.45) is -0.455. The maximum Gasteiger partial charge on any atom is 0.329 e. The van der Waals surface area contributed by atoms with Crippen molar-refractivity contribution in [2.24, 2.45) is 0 Å². The van der Waals surface area contributed by atoms with E-state index in [4.69, 9.17) is 4.74 Å². The number of morpholine rings is 1. The van der Waals surface area contributed by atoms with E-state index in [0.29, 0.717) is 6.54 Å². The predicted octanol–water partition coefficient (Wildman–Crippen LogP) is 0.373. The molecule has 20 heavy (non-hydrogen) atoms. The number of carboxylic acid groups (broad SMARTS) is 1. The largest absolute Gasteiger partial charge is 0.480 e. The summed E-state index contributed by atoms with van der Waals surface area (Å²) in [5.41, 5.74) is -1.87. The van der Waals surface area contributed by atoms with E-state index < -0.39 is 23.2 Å². The molecule has 1 heterocycles. The fraction of sp³-hybridized carbons (Fsp3) is 0.846. The summed E-state index contributed by atoms with van der Waals surface area (Å²) in [4.78, 5) is 26.4. The Morgan fingerprint density at radius 3 is 2.45 bits per heavy atom. The Bertz CT molecular complexity index is 394. The molecule has 1 fully saturated rings. The van der Waals surface area contributed by atoms with E-state index in [2.05, 4.69) is 0 Å². The van der Waals surface area contributed by atoms with Crippen LogP contribution in [0.5, 0.6) is 0 Å². The Hall–Kier alpha value is -1.34. The van der Waals surface area contributed by atoms with E-state index in [1.165, 1.54) is 30.7 Å². The molecule has 2 amide bonds. The van der Waals surface area contributed by atoms with Crippen LogP contribution in [0.2, 0.25) is 0 Å². The second kappa shape index (κ2) is 5.57. The highest BCUT2D eigenvalue weighted by Crippen LogP contribution is 2.23. The molecule has 0 saturated carbocycles. The first-order valence-corrected chi connectivity index (χ1v) is 6.56. The first-order valence-electron chi connectivity index (χ1n) is 6.56. The van der Waals surface area contributed by atoms with Gasteiger partial charge in [-0.25, -0.2) is 9.59 Å². The SMILES string of the molecule is CN(C(=O)N1CC(CO)OC(C)(C)C1)C(C)(C)C(=O)O. The molecule has 0 spiro atoms. The molecular formula is C13H24N2O5. The number of aliphatic hydroxyl groups is 1. The van der Waals surface area contributed by atoms with Crippen LogP contribution < -0.4 is 0 Å². The van der Waals surface area contributed by atoms with Gasteiger partial charge < -0.3 is 24.7 Å². The fourth-order valence-corrected chi connectivity index (χ4v) is 2.13. The number of amides is 2. The van der Waals surface area contributed by atoms with Crippen molar-refractivity contribution >= 4 is 12.0 Å². The van der Waals surface area contributed by atoms with Gasteiger partial charge in [0.25, 0.3) is 0 Å². The molecule has 0 radical (unpaired) electrons. The smallest absolute Gasteiger partial charge is 0.329 e. The van der Waals surface area contributed by atoms with Gasteiger partial charge in [0.2, 0.25) is 0 Å². The lowest BCUT2D eigenvalue weighted by molar-refractivity contribution is -0.150. The highest BCUT2D eigenvalue weighted by atomic mass is 16.5. The molecule has 1 aliphatic heterocycles. The number of urea groups is 1. The lowest BCUT2D eigenvalue weighted by Gasteiger charge is -2.45. The van der Waals surface area contributed by atoms with Crippen LogP contribution in [-0.4, -0.2) is 76.0 Å². The summed E-state index contributed by atoms with van der Waals surface area (Å²) >= 11 is 0. The number of carboxylic acids is 1. The molecule has 0 aromatic carbocycles. The number of ether oxygens (including phenoxy) is 1. The fourth-order valence-electron chi connectivity index (χ4n) is 2.13. The van der Waals surface area contributed by atoms with Crippen molar-refractivity contribution in [3.63, 3.8) is 0 Å². The number of hydrogen-bond acceptors (Lipinski definition) is 4. The second-order valence-corrected chi connectivity index (χ2v) is 6.27. The number of aliphatic hydroxyl groups excluding tert-OH is 1. The number of rotatable bonds is 3. The highest BCUT2D eigenvalue weighted by molar-refractivity contribution is 5.85. The van der Waals surface area contributed by atoms with Crippen LogP contribution in [0.15, 0.2) is 0 Å². The average Bonchev–Trinajstić information content (AvgIpc) is 2.34. The van der Waals surface area contributed by atoms with Gasteiger partial charge in [0.1, 0.15) is 5.54 Å². The van der Waals surface area contributed by atoms with Gasteiger partial charge in [0.05, 0.1) is 31.4 Å². The summed E-state index contributed by atoms with van der Waals surface area (Å²) in [5.74, 6) is -1.07. The summed E-state index contributed by atoms with van der Waals surface area (Å²) < 4.78 is 5.64. The molecule has 1 rings (SSSR count). The van der Waals surface area contributed by atoms with Gasteiger partial charge in [0, 0.05) is 7.05 Å². The topological polar surface area (TPSA) is 90.3 Å². The Kier molecular flexibility index (Phi) is 4.66. The van der Waals surface area contributed by atoms with Gasteiger partial charge in [-0.2, -0.15) is 0 Å². The molecule has 0 aromatic heterocycles. The van der Waals surface area contributed by atoms with Gasteiger partial charge in [-0.3, -0.25) is 0 Å². The van der Waals surface area contributed by atoms with Crippen LogP contribution in [-0.2, 0) is 9.53 Å². The first-order chi connectivity index (χ1) is 9.01.